The molecular formula is C15H14Cl2FN. The summed E-state index contributed by atoms with van der Waals surface area (Å²) in [6.45, 7) is 3.94. The van der Waals surface area contributed by atoms with Crippen LogP contribution in [0.3, 0.4) is 0 Å². The van der Waals surface area contributed by atoms with Crippen LogP contribution in [0.4, 0.5) is 4.39 Å². The van der Waals surface area contributed by atoms with Gasteiger partial charge in [-0.15, -0.1) is 0 Å². The number of nitrogens with two attached hydrogens (primary N) is 1. The highest BCUT2D eigenvalue weighted by molar-refractivity contribution is 6.31. The third-order valence-electron chi connectivity index (χ3n) is 3.26. The second-order valence-corrected chi connectivity index (χ2v) is 5.39. The maximum atomic E-state index is 14.0. The van der Waals surface area contributed by atoms with Gasteiger partial charge in [-0.05, 0) is 42.7 Å². The average molecular weight is 298 g/mol. The fourth-order valence-corrected chi connectivity index (χ4v) is 2.49. The molecule has 0 aliphatic rings. The molecule has 0 heterocycles. The van der Waals surface area contributed by atoms with Crippen LogP contribution < -0.4 is 5.73 Å². The van der Waals surface area contributed by atoms with Crippen LogP contribution in [0.15, 0.2) is 30.3 Å². The van der Waals surface area contributed by atoms with Crippen molar-refractivity contribution in [2.75, 3.05) is 0 Å². The minimum absolute atomic E-state index is 0.0629. The second kappa shape index (κ2) is 5.49. The molecule has 100 valence electrons. The van der Waals surface area contributed by atoms with E-state index in [1.807, 2.05) is 26.0 Å². The van der Waals surface area contributed by atoms with Gasteiger partial charge in [0.2, 0.25) is 0 Å². The average Bonchev–Trinajstić information content (AvgIpc) is 2.36. The van der Waals surface area contributed by atoms with Gasteiger partial charge >= 0.3 is 0 Å². The van der Waals surface area contributed by atoms with Gasteiger partial charge in [0, 0.05) is 10.6 Å². The van der Waals surface area contributed by atoms with E-state index in [2.05, 4.69) is 0 Å². The van der Waals surface area contributed by atoms with Gasteiger partial charge < -0.3 is 5.73 Å². The summed E-state index contributed by atoms with van der Waals surface area (Å²) in [7, 11) is 0. The number of hydrogen-bond donors (Lipinski definition) is 1. The van der Waals surface area contributed by atoms with E-state index in [4.69, 9.17) is 28.9 Å². The molecule has 0 fully saturated rings. The standard InChI is InChI=1S/C15H14Cl2FN/c1-8-6-11(13(17)7-9(8)2)15(19)10-4-3-5-12(16)14(10)18/h3-7,15H,19H2,1-2H3. The van der Waals surface area contributed by atoms with Crippen molar-refractivity contribution in [3.05, 3.63) is 68.4 Å². The summed E-state index contributed by atoms with van der Waals surface area (Å²) >= 11 is 12.0. The lowest BCUT2D eigenvalue weighted by atomic mass is 9.96. The van der Waals surface area contributed by atoms with Crippen molar-refractivity contribution >= 4 is 23.2 Å². The minimum atomic E-state index is -0.634. The number of benzene rings is 2. The fraction of sp³-hybridized carbons (Fsp3) is 0.200. The van der Waals surface area contributed by atoms with Crippen molar-refractivity contribution < 1.29 is 4.39 Å². The minimum Gasteiger partial charge on any atom is -0.320 e. The normalized spacial score (nSPS) is 12.5. The van der Waals surface area contributed by atoms with Crippen LogP contribution in [0.25, 0.3) is 0 Å². The van der Waals surface area contributed by atoms with Crippen LogP contribution in [0, 0.1) is 19.7 Å². The van der Waals surface area contributed by atoms with E-state index < -0.39 is 11.9 Å². The summed E-state index contributed by atoms with van der Waals surface area (Å²) in [5.41, 5.74) is 9.31. The molecule has 4 heteroatoms. The molecule has 2 aromatic carbocycles. The summed E-state index contributed by atoms with van der Waals surface area (Å²) in [6.07, 6.45) is 0. The van der Waals surface area contributed by atoms with Crippen LogP contribution >= 0.6 is 23.2 Å². The zero-order chi connectivity index (χ0) is 14.2. The zero-order valence-corrected chi connectivity index (χ0v) is 12.2. The fourth-order valence-electron chi connectivity index (χ4n) is 1.97. The van der Waals surface area contributed by atoms with Crippen molar-refractivity contribution in [3.8, 4) is 0 Å². The molecule has 0 amide bonds. The Kier molecular flexibility index (Phi) is 4.14. The first-order valence-electron chi connectivity index (χ1n) is 5.88. The molecule has 0 aliphatic carbocycles. The van der Waals surface area contributed by atoms with Crippen LogP contribution in [-0.4, -0.2) is 0 Å². The van der Waals surface area contributed by atoms with Crippen molar-refractivity contribution in [2.45, 2.75) is 19.9 Å². The van der Waals surface area contributed by atoms with E-state index in [1.54, 1.807) is 12.1 Å². The highest BCUT2D eigenvalue weighted by atomic mass is 35.5. The molecule has 1 nitrogen and oxygen atoms in total. The lowest BCUT2D eigenvalue weighted by Crippen LogP contribution is -2.14. The topological polar surface area (TPSA) is 26.0 Å². The summed E-state index contributed by atoms with van der Waals surface area (Å²) in [6, 6.07) is 7.89. The number of halogens is 3. The first-order valence-corrected chi connectivity index (χ1v) is 6.63. The van der Waals surface area contributed by atoms with Gasteiger partial charge in [0.25, 0.3) is 0 Å². The summed E-state index contributed by atoms with van der Waals surface area (Å²) in [5.74, 6) is -0.494. The Hall–Kier alpha value is -1.09. The molecule has 2 aromatic rings. The van der Waals surface area contributed by atoms with Gasteiger partial charge in [-0.3, -0.25) is 0 Å². The van der Waals surface area contributed by atoms with Gasteiger partial charge in [0.05, 0.1) is 11.1 Å². The molecular weight excluding hydrogens is 284 g/mol. The quantitative estimate of drug-likeness (QED) is 0.847. The maximum Gasteiger partial charge on any atom is 0.146 e. The van der Waals surface area contributed by atoms with Crippen molar-refractivity contribution in [1.29, 1.82) is 0 Å². The van der Waals surface area contributed by atoms with E-state index >= 15 is 0 Å². The SMILES string of the molecule is Cc1cc(Cl)c(C(N)c2cccc(Cl)c2F)cc1C. The Balaban J connectivity index is 2.53. The Morgan fingerprint density at radius 1 is 1.00 bits per heavy atom. The molecule has 2 N–H and O–H groups in total. The molecule has 0 saturated heterocycles. The third kappa shape index (κ3) is 2.76. The molecule has 0 spiro atoms. The van der Waals surface area contributed by atoms with Gasteiger partial charge in [0.15, 0.2) is 0 Å². The lowest BCUT2D eigenvalue weighted by molar-refractivity contribution is 0.600. The van der Waals surface area contributed by atoms with E-state index in [0.29, 0.717) is 16.1 Å². The number of hydrogen-bond acceptors (Lipinski definition) is 1. The first-order chi connectivity index (χ1) is 8.91. The molecule has 19 heavy (non-hydrogen) atoms. The molecule has 2 rings (SSSR count). The van der Waals surface area contributed by atoms with Gasteiger partial charge in [0.1, 0.15) is 5.82 Å². The summed E-state index contributed by atoms with van der Waals surface area (Å²) in [5, 5.41) is 0.600. The summed E-state index contributed by atoms with van der Waals surface area (Å²) < 4.78 is 14.0. The Morgan fingerprint density at radius 2 is 1.63 bits per heavy atom. The van der Waals surface area contributed by atoms with E-state index in [0.717, 1.165) is 11.1 Å². The van der Waals surface area contributed by atoms with E-state index in [9.17, 15) is 4.39 Å². The highest BCUT2D eigenvalue weighted by Crippen LogP contribution is 2.31. The highest BCUT2D eigenvalue weighted by Gasteiger charge is 2.18. The predicted molar refractivity (Wildman–Crippen MR) is 78.4 cm³/mol. The summed E-state index contributed by atoms with van der Waals surface area (Å²) in [4.78, 5) is 0. The molecule has 0 aromatic heterocycles. The molecule has 1 atom stereocenters. The maximum absolute atomic E-state index is 14.0. The number of rotatable bonds is 2. The number of aryl methyl sites for hydroxylation is 2. The Labute approximate surface area is 122 Å². The van der Waals surface area contributed by atoms with Gasteiger partial charge in [-0.25, -0.2) is 4.39 Å². The van der Waals surface area contributed by atoms with Crippen molar-refractivity contribution in [1.82, 2.24) is 0 Å². The van der Waals surface area contributed by atoms with Gasteiger partial charge in [-0.2, -0.15) is 0 Å². The molecule has 0 radical (unpaired) electrons. The Bertz CT molecular complexity index is 626. The smallest absolute Gasteiger partial charge is 0.146 e. The van der Waals surface area contributed by atoms with Crippen molar-refractivity contribution in [3.63, 3.8) is 0 Å². The predicted octanol–water partition coefficient (Wildman–Crippen LogP) is 4.80. The second-order valence-electron chi connectivity index (χ2n) is 4.58. The van der Waals surface area contributed by atoms with Crippen LogP contribution in [0.2, 0.25) is 10.0 Å². The van der Waals surface area contributed by atoms with Crippen LogP contribution in [0.5, 0.6) is 0 Å². The molecule has 0 aliphatic heterocycles. The zero-order valence-electron chi connectivity index (χ0n) is 10.7. The van der Waals surface area contributed by atoms with Crippen LogP contribution in [0.1, 0.15) is 28.3 Å². The van der Waals surface area contributed by atoms with Crippen molar-refractivity contribution in [2.24, 2.45) is 5.73 Å². The molecule has 0 bridgehead atoms. The third-order valence-corrected chi connectivity index (χ3v) is 3.88. The molecule has 1 unspecified atom stereocenters. The first kappa shape index (κ1) is 14.3. The molecule has 0 saturated carbocycles. The van der Waals surface area contributed by atoms with Gasteiger partial charge in [-0.1, -0.05) is 41.4 Å². The Morgan fingerprint density at radius 3 is 2.32 bits per heavy atom. The van der Waals surface area contributed by atoms with Crippen LogP contribution in [-0.2, 0) is 0 Å². The lowest BCUT2D eigenvalue weighted by Gasteiger charge is -2.17. The van der Waals surface area contributed by atoms with E-state index in [-0.39, 0.29) is 5.02 Å². The van der Waals surface area contributed by atoms with E-state index in [1.165, 1.54) is 6.07 Å². The largest absolute Gasteiger partial charge is 0.320 e. The monoisotopic (exact) mass is 297 g/mol.